The molecule has 1 aliphatic carbocycles. The third kappa shape index (κ3) is 6.10. The van der Waals surface area contributed by atoms with E-state index < -0.39 is 11.9 Å². The van der Waals surface area contributed by atoms with Crippen LogP contribution in [0.3, 0.4) is 0 Å². The van der Waals surface area contributed by atoms with Crippen molar-refractivity contribution in [1.82, 2.24) is 20.3 Å². The Hall–Kier alpha value is -3.92. The van der Waals surface area contributed by atoms with Gasteiger partial charge < -0.3 is 21.3 Å². The van der Waals surface area contributed by atoms with Gasteiger partial charge in [0.1, 0.15) is 5.82 Å². The van der Waals surface area contributed by atoms with Gasteiger partial charge in [-0.3, -0.25) is 10.1 Å². The number of aromatic nitrogens is 3. The molecule has 1 aromatic carbocycles. The summed E-state index contributed by atoms with van der Waals surface area (Å²) in [5.41, 5.74) is 1.88. The number of pyridine rings is 1. The van der Waals surface area contributed by atoms with Crippen LogP contribution in [0.5, 0.6) is 0 Å². The Bertz CT molecular complexity index is 1150. The summed E-state index contributed by atoms with van der Waals surface area (Å²) in [6.07, 6.45) is 7.94. The van der Waals surface area contributed by atoms with Gasteiger partial charge in [0.15, 0.2) is 0 Å². The Morgan fingerprint density at radius 2 is 1.74 bits per heavy atom. The van der Waals surface area contributed by atoms with Crippen LogP contribution in [-0.2, 0) is 0 Å². The fourth-order valence-electron chi connectivity index (χ4n) is 3.22. The predicted octanol–water partition coefficient (Wildman–Crippen LogP) is 4.63. The van der Waals surface area contributed by atoms with E-state index in [0.29, 0.717) is 40.6 Å². The lowest BCUT2D eigenvalue weighted by molar-refractivity contribution is 0.102. The molecule has 1 aliphatic rings. The molecule has 11 heteroatoms. The molecule has 10 nitrogen and oxygen atoms in total. The van der Waals surface area contributed by atoms with E-state index in [-0.39, 0.29) is 11.4 Å². The lowest BCUT2D eigenvalue weighted by Gasteiger charge is -2.26. The highest BCUT2D eigenvalue weighted by atomic mass is 35.5. The van der Waals surface area contributed by atoms with E-state index in [4.69, 9.17) is 11.6 Å². The molecule has 0 spiro atoms. The third-order valence-corrected chi connectivity index (χ3v) is 5.45. The molecular weight excluding hydrogens is 456 g/mol. The molecule has 5 N–H and O–H groups in total. The van der Waals surface area contributed by atoms with Gasteiger partial charge in [-0.1, -0.05) is 11.6 Å². The number of nitrogens with zero attached hydrogens (tertiary/aromatic N) is 3. The first-order valence-electron chi connectivity index (χ1n) is 11.0. The second kappa shape index (κ2) is 10.8. The molecule has 0 bridgehead atoms. The molecule has 2 aromatic heterocycles. The molecule has 0 radical (unpaired) electrons. The number of nitrogens with one attached hydrogen (secondary N) is 5. The highest BCUT2D eigenvalue weighted by Crippen LogP contribution is 2.26. The molecule has 34 heavy (non-hydrogen) atoms. The third-order valence-electron chi connectivity index (χ3n) is 5.20. The van der Waals surface area contributed by atoms with Gasteiger partial charge in [-0.15, -0.1) is 0 Å². The zero-order valence-corrected chi connectivity index (χ0v) is 19.3. The average Bonchev–Trinajstić information content (AvgIpc) is 2.79. The molecule has 2 heterocycles. The molecule has 0 atom stereocenters. The van der Waals surface area contributed by atoms with E-state index in [0.717, 1.165) is 12.8 Å². The summed E-state index contributed by atoms with van der Waals surface area (Å²) >= 11 is 5.98. The van der Waals surface area contributed by atoms with Crippen LogP contribution < -0.4 is 26.6 Å². The highest BCUT2D eigenvalue weighted by Gasteiger charge is 2.18. The fraction of sp³-hybridized carbons (Fsp3) is 0.261. The van der Waals surface area contributed by atoms with E-state index in [9.17, 15) is 9.59 Å². The lowest BCUT2D eigenvalue weighted by atomic mass is 9.93. The van der Waals surface area contributed by atoms with Crippen LogP contribution in [0, 0.1) is 0 Å². The quantitative estimate of drug-likeness (QED) is 0.317. The van der Waals surface area contributed by atoms with Crippen LogP contribution in [-0.4, -0.2) is 39.5 Å². The van der Waals surface area contributed by atoms with Crippen LogP contribution >= 0.6 is 11.6 Å². The molecule has 4 rings (SSSR count). The van der Waals surface area contributed by atoms with E-state index >= 15 is 0 Å². The Morgan fingerprint density at radius 3 is 2.38 bits per heavy atom. The van der Waals surface area contributed by atoms with Gasteiger partial charge in [0.2, 0.25) is 5.95 Å². The topological polar surface area (TPSA) is 133 Å². The molecule has 1 saturated carbocycles. The maximum absolute atomic E-state index is 13.1. The Morgan fingerprint density at radius 1 is 1.00 bits per heavy atom. The van der Waals surface area contributed by atoms with E-state index in [1.807, 2.05) is 6.92 Å². The van der Waals surface area contributed by atoms with E-state index in [2.05, 4.69) is 41.5 Å². The Balaban J connectivity index is 1.52. The van der Waals surface area contributed by atoms with Gasteiger partial charge in [-0.25, -0.2) is 19.7 Å². The minimum absolute atomic E-state index is 0.271. The minimum atomic E-state index is -0.406. The van der Waals surface area contributed by atoms with Crippen LogP contribution in [0.1, 0.15) is 36.5 Å². The lowest BCUT2D eigenvalue weighted by Crippen LogP contribution is -2.28. The van der Waals surface area contributed by atoms with Crippen molar-refractivity contribution in [3.63, 3.8) is 0 Å². The zero-order valence-electron chi connectivity index (χ0n) is 18.6. The molecule has 0 unspecified atom stereocenters. The van der Waals surface area contributed by atoms with Gasteiger partial charge in [-0.05, 0) is 50.5 Å². The van der Waals surface area contributed by atoms with Crippen molar-refractivity contribution in [2.45, 2.75) is 32.2 Å². The molecule has 3 aromatic rings. The second-order valence-electron chi connectivity index (χ2n) is 7.75. The minimum Gasteiger partial charge on any atom is -0.355 e. The first kappa shape index (κ1) is 23.2. The molecule has 3 amide bonds. The summed E-state index contributed by atoms with van der Waals surface area (Å²) in [5, 5.41) is 15.1. The summed E-state index contributed by atoms with van der Waals surface area (Å²) in [4.78, 5) is 37.7. The fourth-order valence-corrected chi connectivity index (χ4v) is 3.34. The van der Waals surface area contributed by atoms with E-state index in [1.165, 1.54) is 12.6 Å². The predicted molar refractivity (Wildman–Crippen MR) is 133 cm³/mol. The number of halogens is 1. The summed E-state index contributed by atoms with van der Waals surface area (Å²) in [5.74, 6) is 0.417. The van der Waals surface area contributed by atoms with Crippen molar-refractivity contribution >= 4 is 52.4 Å². The highest BCUT2D eigenvalue weighted by molar-refractivity contribution is 6.30. The largest absolute Gasteiger partial charge is 0.355 e. The van der Waals surface area contributed by atoms with E-state index in [1.54, 1.807) is 42.7 Å². The summed E-state index contributed by atoms with van der Waals surface area (Å²) in [7, 11) is 0. The molecule has 0 aliphatic heterocycles. The standard InChI is InChI=1S/C23H25ClN8O2/c1-2-25-23(34)32-20-10-19(29-16-8-6-14(24)7-9-16)18(13-26-20)21(33)30-17-11-27-22(28-12-17)31-15-4-3-5-15/h6-13,15H,2-5H2,1H3,(H,30,33)(H,27,28,31)(H3,25,26,29,32,34). The van der Waals surface area contributed by atoms with Gasteiger partial charge >= 0.3 is 6.03 Å². The number of anilines is 5. The average molecular weight is 481 g/mol. The number of benzene rings is 1. The number of hydrogen-bond acceptors (Lipinski definition) is 7. The summed E-state index contributed by atoms with van der Waals surface area (Å²) in [6, 6.07) is 8.63. The zero-order chi connectivity index (χ0) is 23.9. The van der Waals surface area contributed by atoms with Crippen molar-refractivity contribution in [2.24, 2.45) is 0 Å². The number of amides is 3. The number of rotatable bonds is 8. The van der Waals surface area contributed by atoms with Crippen molar-refractivity contribution in [3.05, 3.63) is 59.5 Å². The Labute approximate surface area is 201 Å². The summed E-state index contributed by atoms with van der Waals surface area (Å²) in [6.45, 7) is 2.28. The molecular formula is C23H25ClN8O2. The van der Waals surface area contributed by atoms with Crippen LogP contribution in [0.25, 0.3) is 0 Å². The SMILES string of the molecule is CCNC(=O)Nc1cc(Nc2ccc(Cl)cc2)c(C(=O)Nc2cnc(NC3CCC3)nc2)cn1. The number of urea groups is 1. The maximum Gasteiger partial charge on any atom is 0.320 e. The van der Waals surface area contributed by atoms with Crippen LogP contribution in [0.4, 0.5) is 33.6 Å². The first-order valence-corrected chi connectivity index (χ1v) is 11.4. The smallest absolute Gasteiger partial charge is 0.320 e. The monoisotopic (exact) mass is 480 g/mol. The van der Waals surface area contributed by atoms with Gasteiger partial charge in [0.05, 0.1) is 29.3 Å². The number of hydrogen-bond donors (Lipinski definition) is 5. The van der Waals surface area contributed by atoms with Crippen molar-refractivity contribution in [1.29, 1.82) is 0 Å². The molecule has 176 valence electrons. The second-order valence-corrected chi connectivity index (χ2v) is 8.19. The molecule has 0 saturated heterocycles. The molecule has 1 fully saturated rings. The Kier molecular flexibility index (Phi) is 7.38. The van der Waals surface area contributed by atoms with Crippen LogP contribution in [0.2, 0.25) is 5.02 Å². The van der Waals surface area contributed by atoms with Crippen molar-refractivity contribution in [3.8, 4) is 0 Å². The number of carbonyl (C=O) groups excluding carboxylic acids is 2. The van der Waals surface area contributed by atoms with Crippen molar-refractivity contribution < 1.29 is 9.59 Å². The van der Waals surface area contributed by atoms with Crippen LogP contribution in [0.15, 0.2) is 48.9 Å². The van der Waals surface area contributed by atoms with Gasteiger partial charge in [0, 0.05) is 35.6 Å². The maximum atomic E-state index is 13.1. The van der Waals surface area contributed by atoms with Gasteiger partial charge in [0.25, 0.3) is 5.91 Å². The van der Waals surface area contributed by atoms with Crippen molar-refractivity contribution in [2.75, 3.05) is 27.8 Å². The first-order chi connectivity index (χ1) is 16.5. The normalized spacial score (nSPS) is 12.9. The number of carbonyl (C=O) groups is 2. The summed E-state index contributed by atoms with van der Waals surface area (Å²) < 4.78 is 0. The van der Waals surface area contributed by atoms with Gasteiger partial charge in [-0.2, -0.15) is 0 Å².